The lowest BCUT2D eigenvalue weighted by molar-refractivity contribution is -0.404. The van der Waals surface area contributed by atoms with E-state index < -0.39 is 24.2 Å². The van der Waals surface area contributed by atoms with Crippen LogP contribution in [0.15, 0.2) is 18.2 Å². The van der Waals surface area contributed by atoms with E-state index in [4.69, 9.17) is 9.47 Å². The number of benzene rings is 1. The van der Waals surface area contributed by atoms with Gasteiger partial charge in [-0.05, 0) is 12.1 Å². The smallest absolute Gasteiger partial charge is 0.223 e. The highest BCUT2D eigenvalue weighted by Gasteiger charge is 2.23. The molecule has 18 heavy (non-hydrogen) atoms. The van der Waals surface area contributed by atoms with Gasteiger partial charge < -0.3 is 25.1 Å². The van der Waals surface area contributed by atoms with Crippen molar-refractivity contribution < 1.29 is 29.9 Å². The monoisotopic (exact) mass is 253 g/mol. The van der Waals surface area contributed by atoms with Crippen LogP contribution in [0.5, 0.6) is 11.5 Å². The van der Waals surface area contributed by atoms with Gasteiger partial charge in [-0.2, -0.15) is 0 Å². The number of methoxy groups -OCH3 is 2. The summed E-state index contributed by atoms with van der Waals surface area (Å²) < 4.78 is 10.1. The van der Waals surface area contributed by atoms with Crippen molar-refractivity contribution in [2.75, 3.05) is 14.2 Å². The van der Waals surface area contributed by atoms with Gasteiger partial charge in [0.15, 0.2) is 6.04 Å². The maximum atomic E-state index is 12.0. The van der Waals surface area contributed by atoms with Crippen molar-refractivity contribution in [3.8, 4) is 11.5 Å². The first-order valence-corrected chi connectivity index (χ1v) is 5.28. The number of carbonyl (C=O) groups is 2. The lowest BCUT2D eigenvalue weighted by atomic mass is 10.0. The molecule has 98 valence electrons. The Balaban J connectivity index is 3.01. The lowest BCUT2D eigenvalue weighted by Crippen LogP contribution is -2.66. The zero-order chi connectivity index (χ0) is 13.7. The van der Waals surface area contributed by atoms with E-state index in [2.05, 4.69) is 5.73 Å². The Bertz CT molecular complexity index is 458. The molecular formula is C12H15NO5. The number of hydrogen-bond acceptors (Lipinski definition) is 5. The molecule has 0 spiro atoms. The molecule has 1 aromatic carbocycles. The molecule has 0 amide bonds. The number of hydrogen-bond donors (Lipinski definition) is 1. The van der Waals surface area contributed by atoms with Gasteiger partial charge in [0.1, 0.15) is 11.5 Å². The minimum Gasteiger partial charge on any atom is -0.550 e. The van der Waals surface area contributed by atoms with E-state index in [1.807, 2.05) is 0 Å². The summed E-state index contributed by atoms with van der Waals surface area (Å²) in [6.07, 6.45) is -0.423. The molecule has 0 saturated carbocycles. The van der Waals surface area contributed by atoms with E-state index in [0.717, 1.165) is 0 Å². The summed E-state index contributed by atoms with van der Waals surface area (Å²) in [4.78, 5) is 22.4. The van der Waals surface area contributed by atoms with Gasteiger partial charge in [-0.15, -0.1) is 0 Å². The van der Waals surface area contributed by atoms with Crippen LogP contribution in [0.3, 0.4) is 0 Å². The van der Waals surface area contributed by atoms with E-state index in [-0.39, 0.29) is 5.56 Å². The number of rotatable bonds is 6. The van der Waals surface area contributed by atoms with Crippen molar-refractivity contribution in [2.24, 2.45) is 0 Å². The standard InChI is InChI=1S/C12H15NO5/c1-17-7-3-4-8(10(5-7)18-2)12(16)9(13)6-11(14)15/h3-5,9H,6,13H2,1-2H3,(H,14,15)/t9-/m0/s1. The first-order chi connectivity index (χ1) is 8.49. The molecular weight excluding hydrogens is 238 g/mol. The van der Waals surface area contributed by atoms with Crippen LogP contribution in [0.2, 0.25) is 0 Å². The SMILES string of the molecule is COc1ccc(C(=O)[C@@H]([NH3+])CC(=O)[O-])c(OC)c1. The highest BCUT2D eigenvalue weighted by molar-refractivity contribution is 6.02. The van der Waals surface area contributed by atoms with E-state index in [1.54, 1.807) is 12.1 Å². The maximum absolute atomic E-state index is 12.0. The molecule has 0 aromatic heterocycles. The second-order valence-electron chi connectivity index (χ2n) is 3.70. The maximum Gasteiger partial charge on any atom is 0.223 e. The molecule has 0 aliphatic heterocycles. The molecule has 0 fully saturated rings. The normalized spacial score (nSPS) is 11.7. The fourth-order valence-electron chi connectivity index (χ4n) is 1.52. The molecule has 0 bridgehead atoms. The van der Waals surface area contributed by atoms with E-state index in [9.17, 15) is 14.7 Å². The van der Waals surface area contributed by atoms with Crippen molar-refractivity contribution in [1.29, 1.82) is 0 Å². The van der Waals surface area contributed by atoms with E-state index >= 15 is 0 Å². The van der Waals surface area contributed by atoms with Crippen molar-refractivity contribution in [3.05, 3.63) is 23.8 Å². The first-order valence-electron chi connectivity index (χ1n) is 5.28. The second kappa shape index (κ2) is 6.02. The summed E-state index contributed by atoms with van der Waals surface area (Å²) in [5.41, 5.74) is 3.79. The fourth-order valence-corrected chi connectivity index (χ4v) is 1.52. The van der Waals surface area contributed by atoms with Gasteiger partial charge in [0.05, 0.1) is 19.8 Å². The van der Waals surface area contributed by atoms with E-state index in [0.29, 0.717) is 11.5 Å². The van der Waals surface area contributed by atoms with Crippen molar-refractivity contribution >= 4 is 11.8 Å². The average Bonchev–Trinajstić information content (AvgIpc) is 2.36. The molecule has 1 aromatic rings. The molecule has 0 aliphatic rings. The summed E-state index contributed by atoms with van der Waals surface area (Å²) in [5, 5.41) is 10.4. The molecule has 1 atom stereocenters. The highest BCUT2D eigenvalue weighted by Crippen LogP contribution is 2.25. The number of ketones is 1. The van der Waals surface area contributed by atoms with Crippen molar-refractivity contribution in [3.63, 3.8) is 0 Å². The molecule has 0 radical (unpaired) electrons. The third-order valence-electron chi connectivity index (χ3n) is 2.46. The van der Waals surface area contributed by atoms with Crippen LogP contribution < -0.4 is 20.3 Å². The van der Waals surface area contributed by atoms with Gasteiger partial charge in [-0.25, -0.2) is 0 Å². The highest BCUT2D eigenvalue weighted by atomic mass is 16.5. The average molecular weight is 253 g/mol. The Morgan fingerprint density at radius 2 is 2.00 bits per heavy atom. The minimum atomic E-state index is -1.31. The Labute approximate surface area is 104 Å². The zero-order valence-corrected chi connectivity index (χ0v) is 10.3. The van der Waals surface area contributed by atoms with Crippen LogP contribution in [0.25, 0.3) is 0 Å². The number of ether oxygens (including phenoxy) is 2. The van der Waals surface area contributed by atoms with Gasteiger partial charge in [0, 0.05) is 18.5 Å². The Morgan fingerprint density at radius 3 is 2.50 bits per heavy atom. The van der Waals surface area contributed by atoms with Crippen LogP contribution in [0.4, 0.5) is 0 Å². The quantitative estimate of drug-likeness (QED) is 0.630. The molecule has 0 unspecified atom stereocenters. The topological polar surface area (TPSA) is 103 Å². The Hall–Kier alpha value is -2.08. The Kier molecular flexibility index (Phi) is 4.67. The molecule has 6 nitrogen and oxygen atoms in total. The number of carboxylic acids is 1. The summed E-state index contributed by atoms with van der Waals surface area (Å²) in [7, 11) is 2.92. The molecule has 0 heterocycles. The fraction of sp³-hybridized carbons (Fsp3) is 0.333. The number of Topliss-reactive ketones (excluding diaryl/α,β-unsaturated/α-hetero) is 1. The predicted molar refractivity (Wildman–Crippen MR) is 60.2 cm³/mol. The molecule has 6 heteroatoms. The van der Waals surface area contributed by atoms with Crippen molar-refractivity contribution in [2.45, 2.75) is 12.5 Å². The van der Waals surface area contributed by atoms with E-state index in [1.165, 1.54) is 20.3 Å². The summed E-state index contributed by atoms with van der Waals surface area (Å²) in [6.45, 7) is 0. The molecule has 0 saturated heterocycles. The third-order valence-corrected chi connectivity index (χ3v) is 2.46. The van der Waals surface area contributed by atoms with Crippen LogP contribution >= 0.6 is 0 Å². The summed E-state index contributed by atoms with van der Waals surface area (Å²) in [6, 6.07) is 3.77. The van der Waals surface area contributed by atoms with Gasteiger partial charge in [-0.1, -0.05) is 0 Å². The van der Waals surface area contributed by atoms with Crippen LogP contribution in [-0.2, 0) is 4.79 Å². The summed E-state index contributed by atoms with van der Waals surface area (Å²) >= 11 is 0. The molecule has 0 aliphatic carbocycles. The number of carboxylic acid groups (broad SMARTS) is 1. The zero-order valence-electron chi connectivity index (χ0n) is 10.3. The second-order valence-corrected chi connectivity index (χ2v) is 3.70. The number of carbonyl (C=O) groups excluding carboxylic acids is 2. The van der Waals surface area contributed by atoms with Gasteiger partial charge in [-0.3, -0.25) is 4.79 Å². The predicted octanol–water partition coefficient (Wildman–Crippen LogP) is -1.36. The van der Waals surface area contributed by atoms with Gasteiger partial charge >= 0.3 is 0 Å². The van der Waals surface area contributed by atoms with Crippen LogP contribution in [0.1, 0.15) is 16.8 Å². The van der Waals surface area contributed by atoms with Crippen LogP contribution in [-0.4, -0.2) is 32.0 Å². The minimum absolute atomic E-state index is 0.277. The van der Waals surface area contributed by atoms with Gasteiger partial charge in [0.25, 0.3) is 0 Å². The molecule has 3 N–H and O–H groups in total. The van der Waals surface area contributed by atoms with Crippen LogP contribution in [0, 0.1) is 0 Å². The first kappa shape index (κ1) is 14.0. The third kappa shape index (κ3) is 3.21. The largest absolute Gasteiger partial charge is 0.550 e. The summed E-state index contributed by atoms with van der Waals surface area (Å²) in [5.74, 6) is -0.843. The molecule has 1 rings (SSSR count). The number of aliphatic carboxylic acids is 1. The van der Waals surface area contributed by atoms with Gasteiger partial charge in [0.2, 0.25) is 5.78 Å². The van der Waals surface area contributed by atoms with Crippen molar-refractivity contribution in [1.82, 2.24) is 0 Å². The number of quaternary nitrogens is 1. The lowest BCUT2D eigenvalue weighted by Gasteiger charge is -2.12. The Morgan fingerprint density at radius 1 is 1.33 bits per heavy atom.